The van der Waals surface area contributed by atoms with Crippen molar-refractivity contribution in [1.29, 1.82) is 0 Å². The van der Waals surface area contributed by atoms with E-state index < -0.39 is 0 Å². The zero-order valence-electron chi connectivity index (χ0n) is 11.6. The standard InChI is InChI=1S/C14H16N4O3/c1-8-2-3-9(14-18-16-7-21-14)4-12(8)17-13(19)10-5-20-6-11(10)15/h2-4,7,10-11H,5-6,15H2,1H3,(H,17,19). The van der Waals surface area contributed by atoms with E-state index in [9.17, 15) is 4.79 Å². The van der Waals surface area contributed by atoms with Crippen LogP contribution < -0.4 is 11.1 Å². The highest BCUT2D eigenvalue weighted by Gasteiger charge is 2.31. The summed E-state index contributed by atoms with van der Waals surface area (Å²) in [5.41, 5.74) is 8.26. The van der Waals surface area contributed by atoms with Gasteiger partial charge in [-0.2, -0.15) is 0 Å². The van der Waals surface area contributed by atoms with Crippen LogP contribution in [0.2, 0.25) is 0 Å². The van der Waals surface area contributed by atoms with Crippen LogP contribution in [0, 0.1) is 12.8 Å². The molecule has 2 heterocycles. The van der Waals surface area contributed by atoms with E-state index in [1.165, 1.54) is 6.39 Å². The molecule has 21 heavy (non-hydrogen) atoms. The Hall–Kier alpha value is -2.25. The molecule has 0 aliphatic carbocycles. The third-order valence-electron chi connectivity index (χ3n) is 3.56. The van der Waals surface area contributed by atoms with Gasteiger partial charge in [-0.25, -0.2) is 0 Å². The lowest BCUT2D eigenvalue weighted by atomic mass is 10.0. The number of nitrogens with one attached hydrogen (secondary N) is 1. The fourth-order valence-electron chi connectivity index (χ4n) is 2.25. The molecule has 1 aliphatic heterocycles. The molecule has 7 heteroatoms. The number of aromatic nitrogens is 2. The molecule has 1 fully saturated rings. The van der Waals surface area contributed by atoms with Gasteiger partial charge in [0, 0.05) is 17.3 Å². The molecule has 1 amide bonds. The number of anilines is 1. The number of aryl methyl sites for hydroxylation is 1. The minimum Gasteiger partial charge on any atom is -0.423 e. The van der Waals surface area contributed by atoms with E-state index in [-0.39, 0.29) is 17.9 Å². The highest BCUT2D eigenvalue weighted by molar-refractivity contribution is 5.94. The largest absolute Gasteiger partial charge is 0.423 e. The average molecular weight is 288 g/mol. The van der Waals surface area contributed by atoms with Crippen molar-refractivity contribution in [2.24, 2.45) is 11.7 Å². The molecule has 3 rings (SSSR count). The Balaban J connectivity index is 1.81. The van der Waals surface area contributed by atoms with Crippen LogP contribution in [-0.2, 0) is 9.53 Å². The number of ether oxygens (including phenoxy) is 1. The third kappa shape index (κ3) is 2.79. The van der Waals surface area contributed by atoms with Gasteiger partial charge in [-0.1, -0.05) is 6.07 Å². The summed E-state index contributed by atoms with van der Waals surface area (Å²) < 4.78 is 10.4. The van der Waals surface area contributed by atoms with Crippen molar-refractivity contribution in [1.82, 2.24) is 10.2 Å². The molecule has 0 spiro atoms. The Kier molecular flexibility index (Phi) is 3.68. The van der Waals surface area contributed by atoms with Crippen molar-refractivity contribution < 1.29 is 13.9 Å². The van der Waals surface area contributed by atoms with Gasteiger partial charge < -0.3 is 20.2 Å². The first kappa shape index (κ1) is 13.7. The smallest absolute Gasteiger partial charge is 0.247 e. The second-order valence-electron chi connectivity index (χ2n) is 5.07. The molecule has 0 saturated carbocycles. The Morgan fingerprint density at radius 3 is 2.95 bits per heavy atom. The second kappa shape index (κ2) is 5.63. The van der Waals surface area contributed by atoms with Gasteiger partial charge in [0.1, 0.15) is 0 Å². The monoisotopic (exact) mass is 288 g/mol. The molecule has 3 N–H and O–H groups in total. The topological polar surface area (TPSA) is 103 Å². The van der Waals surface area contributed by atoms with Gasteiger partial charge in [-0.3, -0.25) is 4.79 Å². The van der Waals surface area contributed by atoms with Gasteiger partial charge in [0.15, 0.2) is 0 Å². The van der Waals surface area contributed by atoms with Crippen LogP contribution in [0.25, 0.3) is 11.5 Å². The Labute approximate surface area is 121 Å². The summed E-state index contributed by atoms with van der Waals surface area (Å²) in [4.78, 5) is 12.3. The van der Waals surface area contributed by atoms with Crippen molar-refractivity contribution in [2.45, 2.75) is 13.0 Å². The third-order valence-corrected chi connectivity index (χ3v) is 3.56. The van der Waals surface area contributed by atoms with Crippen LogP contribution in [-0.4, -0.2) is 35.4 Å². The van der Waals surface area contributed by atoms with E-state index in [4.69, 9.17) is 14.9 Å². The minimum absolute atomic E-state index is 0.134. The molecule has 1 aliphatic rings. The van der Waals surface area contributed by atoms with Crippen molar-refractivity contribution in [3.63, 3.8) is 0 Å². The lowest BCUT2D eigenvalue weighted by molar-refractivity contribution is -0.120. The maximum absolute atomic E-state index is 12.3. The summed E-state index contributed by atoms with van der Waals surface area (Å²) in [7, 11) is 0. The molecule has 0 bridgehead atoms. The SMILES string of the molecule is Cc1ccc(-c2nnco2)cc1NC(=O)C1COCC1N. The molecule has 1 saturated heterocycles. The van der Waals surface area contributed by atoms with E-state index in [1.807, 2.05) is 25.1 Å². The molecule has 2 unspecified atom stereocenters. The van der Waals surface area contributed by atoms with Crippen molar-refractivity contribution in [3.8, 4) is 11.5 Å². The van der Waals surface area contributed by atoms with Crippen molar-refractivity contribution in [2.75, 3.05) is 18.5 Å². The van der Waals surface area contributed by atoms with Crippen LogP contribution in [0.1, 0.15) is 5.56 Å². The van der Waals surface area contributed by atoms with Crippen LogP contribution in [0.4, 0.5) is 5.69 Å². The number of rotatable bonds is 3. The van der Waals surface area contributed by atoms with Gasteiger partial charge in [0.05, 0.1) is 19.1 Å². The Bertz CT molecular complexity index is 642. The van der Waals surface area contributed by atoms with Gasteiger partial charge in [-0.05, 0) is 24.6 Å². The zero-order valence-corrected chi connectivity index (χ0v) is 11.6. The number of hydrogen-bond acceptors (Lipinski definition) is 6. The Morgan fingerprint density at radius 2 is 2.29 bits per heavy atom. The van der Waals surface area contributed by atoms with E-state index in [1.54, 1.807) is 0 Å². The minimum atomic E-state index is -0.323. The van der Waals surface area contributed by atoms with Crippen LogP contribution >= 0.6 is 0 Å². The summed E-state index contributed by atoms with van der Waals surface area (Å²) in [5.74, 6) is -0.0476. The maximum Gasteiger partial charge on any atom is 0.247 e. The zero-order chi connectivity index (χ0) is 14.8. The highest BCUT2D eigenvalue weighted by atomic mass is 16.5. The quantitative estimate of drug-likeness (QED) is 0.871. The molecular weight excluding hydrogens is 272 g/mol. The van der Waals surface area contributed by atoms with E-state index in [0.717, 1.165) is 11.1 Å². The number of carbonyl (C=O) groups excluding carboxylic acids is 1. The fourth-order valence-corrected chi connectivity index (χ4v) is 2.25. The Morgan fingerprint density at radius 1 is 1.43 bits per heavy atom. The first-order chi connectivity index (χ1) is 10.1. The van der Waals surface area contributed by atoms with Gasteiger partial charge in [0.2, 0.25) is 18.2 Å². The summed E-state index contributed by atoms with van der Waals surface area (Å²) in [6.45, 7) is 2.69. The van der Waals surface area contributed by atoms with E-state index in [0.29, 0.717) is 24.8 Å². The van der Waals surface area contributed by atoms with Crippen LogP contribution in [0.15, 0.2) is 29.0 Å². The maximum atomic E-state index is 12.3. The first-order valence-electron chi connectivity index (χ1n) is 6.66. The molecule has 110 valence electrons. The number of hydrogen-bond donors (Lipinski definition) is 2. The second-order valence-corrected chi connectivity index (χ2v) is 5.07. The first-order valence-corrected chi connectivity index (χ1v) is 6.66. The average Bonchev–Trinajstić information content (AvgIpc) is 3.12. The normalized spacial score (nSPS) is 21.4. The highest BCUT2D eigenvalue weighted by Crippen LogP contribution is 2.25. The van der Waals surface area contributed by atoms with E-state index in [2.05, 4.69) is 15.5 Å². The van der Waals surface area contributed by atoms with Gasteiger partial charge in [0.25, 0.3) is 0 Å². The van der Waals surface area contributed by atoms with Gasteiger partial charge >= 0.3 is 0 Å². The van der Waals surface area contributed by atoms with Crippen molar-refractivity contribution >= 4 is 11.6 Å². The lowest BCUT2D eigenvalue weighted by Gasteiger charge is -2.15. The summed E-state index contributed by atoms with van der Waals surface area (Å²) in [6.07, 6.45) is 1.27. The summed E-state index contributed by atoms with van der Waals surface area (Å²) in [5, 5.41) is 10.4. The fraction of sp³-hybridized carbons (Fsp3) is 0.357. The summed E-state index contributed by atoms with van der Waals surface area (Å²) in [6, 6.07) is 5.30. The number of nitrogens with zero attached hydrogens (tertiary/aromatic N) is 2. The molecule has 0 radical (unpaired) electrons. The predicted molar refractivity (Wildman–Crippen MR) is 75.4 cm³/mol. The molecule has 7 nitrogen and oxygen atoms in total. The predicted octanol–water partition coefficient (Wildman–Crippen LogP) is 0.957. The number of benzene rings is 1. The van der Waals surface area contributed by atoms with Gasteiger partial charge in [-0.15, -0.1) is 10.2 Å². The van der Waals surface area contributed by atoms with Crippen LogP contribution in [0.3, 0.4) is 0 Å². The molecule has 2 aromatic rings. The number of amides is 1. The molecule has 2 atom stereocenters. The van der Waals surface area contributed by atoms with Crippen LogP contribution in [0.5, 0.6) is 0 Å². The number of nitrogens with two attached hydrogens (primary N) is 1. The van der Waals surface area contributed by atoms with E-state index >= 15 is 0 Å². The molecule has 1 aromatic carbocycles. The molecular formula is C14H16N4O3. The summed E-state index contributed by atoms with van der Waals surface area (Å²) >= 11 is 0. The molecule has 1 aromatic heterocycles. The number of carbonyl (C=O) groups is 1. The van der Waals surface area contributed by atoms with Crippen molar-refractivity contribution in [3.05, 3.63) is 30.2 Å². The lowest BCUT2D eigenvalue weighted by Crippen LogP contribution is -2.37.